The van der Waals surface area contributed by atoms with Gasteiger partial charge < -0.3 is 9.80 Å². The summed E-state index contributed by atoms with van der Waals surface area (Å²) in [4.78, 5) is 32.4. The van der Waals surface area contributed by atoms with E-state index in [-0.39, 0.29) is 17.9 Å². The third-order valence-electron chi connectivity index (χ3n) is 6.18. The zero-order valence-electron chi connectivity index (χ0n) is 17.3. The van der Waals surface area contributed by atoms with Crippen LogP contribution in [0.25, 0.3) is 0 Å². The third kappa shape index (κ3) is 4.23. The van der Waals surface area contributed by atoms with Crippen LogP contribution in [0.2, 0.25) is 0 Å². The SMILES string of the molecule is CC(=O)N1CCCN(C(=O)CN2CCc3sccc3C2c2ccccc2C)CC1. The summed E-state index contributed by atoms with van der Waals surface area (Å²) >= 11 is 1.82. The van der Waals surface area contributed by atoms with Crippen LogP contribution in [0.5, 0.6) is 0 Å². The van der Waals surface area contributed by atoms with Gasteiger partial charge in [-0.1, -0.05) is 24.3 Å². The maximum atomic E-state index is 13.2. The molecule has 0 spiro atoms. The fraction of sp³-hybridized carbons (Fsp3) is 0.478. The lowest BCUT2D eigenvalue weighted by Crippen LogP contribution is -2.45. The smallest absolute Gasteiger partial charge is 0.236 e. The maximum absolute atomic E-state index is 13.2. The molecule has 1 saturated heterocycles. The molecule has 1 unspecified atom stereocenters. The maximum Gasteiger partial charge on any atom is 0.236 e. The monoisotopic (exact) mass is 411 g/mol. The van der Waals surface area contributed by atoms with Gasteiger partial charge in [-0.3, -0.25) is 14.5 Å². The number of aryl methyl sites for hydroxylation is 1. The molecule has 0 aliphatic carbocycles. The van der Waals surface area contributed by atoms with Gasteiger partial charge in [0.15, 0.2) is 0 Å². The summed E-state index contributed by atoms with van der Waals surface area (Å²) in [6, 6.07) is 10.9. The molecule has 1 atom stereocenters. The van der Waals surface area contributed by atoms with Crippen molar-refractivity contribution in [2.75, 3.05) is 39.3 Å². The second-order valence-corrected chi connectivity index (χ2v) is 9.02. The minimum atomic E-state index is 0.0972. The highest BCUT2D eigenvalue weighted by Gasteiger charge is 2.32. The highest BCUT2D eigenvalue weighted by atomic mass is 32.1. The van der Waals surface area contributed by atoms with Gasteiger partial charge >= 0.3 is 0 Å². The number of hydrogen-bond acceptors (Lipinski definition) is 4. The standard InChI is InChI=1S/C23H29N3O2S/c1-17-6-3-4-7-19(17)23-20-9-15-29-21(20)8-12-26(23)16-22(28)25-11-5-10-24(13-14-25)18(2)27/h3-4,6-7,9,15,23H,5,8,10-14,16H2,1-2H3. The Balaban J connectivity index is 1.53. The molecule has 29 heavy (non-hydrogen) atoms. The number of carbonyl (C=O) groups is 2. The van der Waals surface area contributed by atoms with Gasteiger partial charge in [-0.25, -0.2) is 0 Å². The van der Waals surface area contributed by atoms with Crippen LogP contribution in [0.3, 0.4) is 0 Å². The molecule has 0 bridgehead atoms. The molecule has 154 valence electrons. The van der Waals surface area contributed by atoms with Crippen molar-refractivity contribution in [2.45, 2.75) is 32.7 Å². The van der Waals surface area contributed by atoms with Gasteiger partial charge in [-0.15, -0.1) is 11.3 Å². The summed E-state index contributed by atoms with van der Waals surface area (Å²) < 4.78 is 0. The van der Waals surface area contributed by atoms with Crippen LogP contribution in [0, 0.1) is 6.92 Å². The fourth-order valence-electron chi connectivity index (χ4n) is 4.55. The van der Waals surface area contributed by atoms with Crippen LogP contribution >= 0.6 is 11.3 Å². The van der Waals surface area contributed by atoms with E-state index in [9.17, 15) is 9.59 Å². The Hall–Kier alpha value is -2.18. The van der Waals surface area contributed by atoms with Crippen molar-refractivity contribution in [3.05, 3.63) is 57.3 Å². The number of amides is 2. The first-order valence-corrected chi connectivity index (χ1v) is 11.3. The molecule has 1 aromatic carbocycles. The molecular weight excluding hydrogens is 382 g/mol. The van der Waals surface area contributed by atoms with Crippen molar-refractivity contribution < 1.29 is 9.59 Å². The molecule has 2 amide bonds. The first kappa shape index (κ1) is 20.1. The van der Waals surface area contributed by atoms with Gasteiger partial charge in [0, 0.05) is 44.5 Å². The number of fused-ring (bicyclic) bond motifs is 1. The third-order valence-corrected chi connectivity index (χ3v) is 7.18. The molecule has 2 aliphatic heterocycles. The Bertz CT molecular complexity index is 894. The van der Waals surface area contributed by atoms with E-state index in [2.05, 4.69) is 47.5 Å². The van der Waals surface area contributed by atoms with E-state index >= 15 is 0 Å². The van der Waals surface area contributed by atoms with E-state index in [0.29, 0.717) is 19.6 Å². The van der Waals surface area contributed by atoms with E-state index in [1.165, 1.54) is 21.6 Å². The molecule has 3 heterocycles. The largest absolute Gasteiger partial charge is 0.341 e. The quantitative estimate of drug-likeness (QED) is 0.780. The summed E-state index contributed by atoms with van der Waals surface area (Å²) in [5.41, 5.74) is 3.90. The van der Waals surface area contributed by atoms with E-state index in [1.807, 2.05) is 21.1 Å². The molecule has 1 aromatic heterocycles. The van der Waals surface area contributed by atoms with Gasteiger partial charge in [0.25, 0.3) is 0 Å². The molecule has 1 fully saturated rings. The van der Waals surface area contributed by atoms with Crippen LogP contribution < -0.4 is 0 Å². The highest BCUT2D eigenvalue weighted by molar-refractivity contribution is 7.10. The molecule has 5 nitrogen and oxygen atoms in total. The molecule has 0 N–H and O–H groups in total. The van der Waals surface area contributed by atoms with Crippen LogP contribution in [0.15, 0.2) is 35.7 Å². The van der Waals surface area contributed by atoms with Crippen LogP contribution in [0.4, 0.5) is 0 Å². The average Bonchev–Trinajstić information content (AvgIpc) is 3.03. The van der Waals surface area contributed by atoms with Gasteiger partial charge in [-0.05, 0) is 47.9 Å². The second kappa shape index (κ2) is 8.67. The van der Waals surface area contributed by atoms with E-state index in [1.54, 1.807) is 6.92 Å². The van der Waals surface area contributed by atoms with Crippen molar-refractivity contribution in [1.82, 2.24) is 14.7 Å². The van der Waals surface area contributed by atoms with E-state index in [4.69, 9.17) is 0 Å². The van der Waals surface area contributed by atoms with Crippen molar-refractivity contribution in [3.8, 4) is 0 Å². The lowest BCUT2D eigenvalue weighted by atomic mass is 9.90. The first-order valence-electron chi connectivity index (χ1n) is 10.4. The molecule has 6 heteroatoms. The van der Waals surface area contributed by atoms with Gasteiger partial charge in [0.2, 0.25) is 11.8 Å². The first-order chi connectivity index (χ1) is 14.0. The van der Waals surface area contributed by atoms with Crippen LogP contribution in [0.1, 0.15) is 41.0 Å². The Morgan fingerprint density at radius 2 is 1.76 bits per heavy atom. The summed E-state index contributed by atoms with van der Waals surface area (Å²) in [5, 5.41) is 2.17. The average molecular weight is 412 g/mol. The highest BCUT2D eigenvalue weighted by Crippen LogP contribution is 2.38. The Morgan fingerprint density at radius 1 is 1.00 bits per heavy atom. The Morgan fingerprint density at radius 3 is 2.55 bits per heavy atom. The van der Waals surface area contributed by atoms with Crippen molar-refractivity contribution in [2.24, 2.45) is 0 Å². The Kier molecular flexibility index (Phi) is 6.01. The fourth-order valence-corrected chi connectivity index (χ4v) is 5.46. The predicted octanol–water partition coefficient (Wildman–Crippen LogP) is 3.08. The van der Waals surface area contributed by atoms with Crippen molar-refractivity contribution >= 4 is 23.2 Å². The lowest BCUT2D eigenvalue weighted by Gasteiger charge is -2.37. The molecule has 2 aromatic rings. The zero-order chi connectivity index (χ0) is 20.4. The molecule has 4 rings (SSSR count). The van der Waals surface area contributed by atoms with Crippen molar-refractivity contribution in [1.29, 1.82) is 0 Å². The summed E-state index contributed by atoms with van der Waals surface area (Å²) in [7, 11) is 0. The van der Waals surface area contributed by atoms with Crippen LogP contribution in [-0.4, -0.2) is 65.8 Å². The van der Waals surface area contributed by atoms with Crippen molar-refractivity contribution in [3.63, 3.8) is 0 Å². The van der Waals surface area contributed by atoms with Crippen LogP contribution in [-0.2, 0) is 16.0 Å². The minimum Gasteiger partial charge on any atom is -0.341 e. The Labute approximate surface area is 176 Å². The lowest BCUT2D eigenvalue weighted by molar-refractivity contribution is -0.134. The second-order valence-electron chi connectivity index (χ2n) is 8.02. The van der Waals surface area contributed by atoms with Gasteiger partial charge in [0.05, 0.1) is 12.6 Å². The summed E-state index contributed by atoms with van der Waals surface area (Å²) in [5.74, 6) is 0.271. The number of nitrogens with zero attached hydrogens (tertiary/aromatic N) is 3. The normalized spacial score (nSPS) is 20.3. The molecule has 0 saturated carbocycles. The minimum absolute atomic E-state index is 0.0972. The van der Waals surface area contributed by atoms with E-state index in [0.717, 1.165) is 32.5 Å². The number of thiophene rings is 1. The molecular formula is C23H29N3O2S. The number of benzene rings is 1. The van der Waals surface area contributed by atoms with E-state index < -0.39 is 0 Å². The summed E-state index contributed by atoms with van der Waals surface area (Å²) in [6.45, 7) is 7.82. The molecule has 0 radical (unpaired) electrons. The van der Waals surface area contributed by atoms with Gasteiger partial charge in [-0.2, -0.15) is 0 Å². The number of hydrogen-bond donors (Lipinski definition) is 0. The number of rotatable bonds is 3. The number of carbonyl (C=O) groups excluding carboxylic acids is 2. The topological polar surface area (TPSA) is 43.9 Å². The summed E-state index contributed by atoms with van der Waals surface area (Å²) in [6.07, 6.45) is 1.85. The predicted molar refractivity (Wildman–Crippen MR) is 116 cm³/mol. The van der Waals surface area contributed by atoms with Gasteiger partial charge in [0.1, 0.15) is 0 Å². The zero-order valence-corrected chi connectivity index (χ0v) is 18.1. The molecule has 2 aliphatic rings.